The largest absolute Gasteiger partial charge is 0.437 e. The zero-order valence-corrected chi connectivity index (χ0v) is 12.2. The first-order chi connectivity index (χ1) is 10.2. The third kappa shape index (κ3) is 3.07. The molecule has 2 N–H and O–H groups in total. The van der Waals surface area contributed by atoms with Crippen molar-refractivity contribution >= 4 is 11.5 Å². The van der Waals surface area contributed by atoms with Gasteiger partial charge in [-0.05, 0) is 38.3 Å². The summed E-state index contributed by atoms with van der Waals surface area (Å²) in [6, 6.07) is 9.56. The van der Waals surface area contributed by atoms with Crippen LogP contribution in [0.15, 0.2) is 30.3 Å². The van der Waals surface area contributed by atoms with E-state index < -0.39 is 0 Å². The average Bonchev–Trinajstić information content (AvgIpc) is 2.52. The molecule has 0 spiro atoms. The zero-order chi connectivity index (χ0) is 14.7. The second-order valence-electron chi connectivity index (χ2n) is 5.28. The Hall–Kier alpha value is -2.30. The summed E-state index contributed by atoms with van der Waals surface area (Å²) in [6.45, 7) is 3.85. The van der Waals surface area contributed by atoms with Gasteiger partial charge in [0.25, 0.3) is 0 Å². The van der Waals surface area contributed by atoms with Gasteiger partial charge in [-0.15, -0.1) is 0 Å². The number of hydrogen-bond acceptors (Lipinski definition) is 5. The molecule has 2 heterocycles. The molecule has 1 aliphatic heterocycles. The van der Waals surface area contributed by atoms with Crippen LogP contribution >= 0.6 is 0 Å². The molecule has 1 aromatic carbocycles. The molecule has 5 nitrogen and oxygen atoms in total. The number of nitrogens with two attached hydrogens (primary N) is 1. The minimum atomic E-state index is 0.439. The van der Waals surface area contributed by atoms with Crippen molar-refractivity contribution in [3.8, 4) is 11.6 Å². The molecule has 1 aliphatic rings. The Morgan fingerprint density at radius 1 is 1.05 bits per heavy atom. The lowest BCUT2D eigenvalue weighted by atomic mass is 10.1. The van der Waals surface area contributed by atoms with Crippen molar-refractivity contribution in [2.24, 2.45) is 0 Å². The third-order valence-electron chi connectivity index (χ3n) is 3.62. The number of anilines is 2. The number of hydrogen-bond donors (Lipinski definition) is 1. The predicted molar refractivity (Wildman–Crippen MR) is 83.8 cm³/mol. The van der Waals surface area contributed by atoms with Crippen molar-refractivity contribution < 1.29 is 4.74 Å². The highest BCUT2D eigenvalue weighted by molar-refractivity contribution is 5.68. The molecule has 0 bridgehead atoms. The number of piperidine rings is 1. The molecular formula is C16H20N4O. The van der Waals surface area contributed by atoms with Gasteiger partial charge < -0.3 is 15.4 Å². The number of aromatic nitrogens is 2. The quantitative estimate of drug-likeness (QED) is 0.938. The van der Waals surface area contributed by atoms with E-state index in [1.54, 1.807) is 0 Å². The first kappa shape index (κ1) is 13.7. The van der Waals surface area contributed by atoms with Crippen molar-refractivity contribution in [2.45, 2.75) is 26.2 Å². The van der Waals surface area contributed by atoms with Gasteiger partial charge in [0.1, 0.15) is 17.3 Å². The Balaban J connectivity index is 1.92. The summed E-state index contributed by atoms with van der Waals surface area (Å²) < 4.78 is 5.82. The highest BCUT2D eigenvalue weighted by Crippen LogP contribution is 2.33. The number of ether oxygens (including phenoxy) is 1. The van der Waals surface area contributed by atoms with Crippen LogP contribution < -0.4 is 15.4 Å². The van der Waals surface area contributed by atoms with Gasteiger partial charge in [0, 0.05) is 13.1 Å². The van der Waals surface area contributed by atoms with Crippen LogP contribution in [0.1, 0.15) is 25.1 Å². The van der Waals surface area contributed by atoms with E-state index in [-0.39, 0.29) is 0 Å². The lowest BCUT2D eigenvalue weighted by Crippen LogP contribution is -2.31. The van der Waals surface area contributed by atoms with Gasteiger partial charge in [0.15, 0.2) is 5.82 Å². The normalized spacial score (nSPS) is 15.0. The Labute approximate surface area is 124 Å². The standard InChI is InChI=1S/C16H20N4O/c1-12-18-15(20-10-6-3-7-11-20)14(17)16(19-12)21-13-8-4-2-5-9-13/h2,4-5,8-9H,3,6-7,10-11,17H2,1H3. The molecule has 0 unspecified atom stereocenters. The summed E-state index contributed by atoms with van der Waals surface area (Å²) in [5.41, 5.74) is 6.76. The lowest BCUT2D eigenvalue weighted by Gasteiger charge is -2.29. The fraction of sp³-hybridized carbons (Fsp3) is 0.375. The zero-order valence-electron chi connectivity index (χ0n) is 12.2. The molecule has 0 atom stereocenters. The number of benzene rings is 1. The van der Waals surface area contributed by atoms with Crippen LogP contribution in [0.3, 0.4) is 0 Å². The molecule has 1 saturated heterocycles. The van der Waals surface area contributed by atoms with Gasteiger partial charge in [-0.3, -0.25) is 0 Å². The van der Waals surface area contributed by atoms with Crippen molar-refractivity contribution in [1.29, 1.82) is 0 Å². The van der Waals surface area contributed by atoms with Crippen molar-refractivity contribution in [2.75, 3.05) is 23.7 Å². The van der Waals surface area contributed by atoms with Crippen LogP contribution in [-0.4, -0.2) is 23.1 Å². The molecule has 3 rings (SSSR count). The van der Waals surface area contributed by atoms with E-state index in [9.17, 15) is 0 Å². The van der Waals surface area contributed by atoms with E-state index >= 15 is 0 Å². The second-order valence-corrected chi connectivity index (χ2v) is 5.28. The van der Waals surface area contributed by atoms with Crippen LogP contribution in [0.2, 0.25) is 0 Å². The maximum Gasteiger partial charge on any atom is 0.248 e. The van der Waals surface area contributed by atoms with Gasteiger partial charge in [0.2, 0.25) is 5.88 Å². The molecule has 5 heteroatoms. The fourth-order valence-electron chi connectivity index (χ4n) is 2.57. The SMILES string of the molecule is Cc1nc(Oc2ccccc2)c(N)c(N2CCCCC2)n1. The first-order valence-corrected chi connectivity index (χ1v) is 7.36. The minimum Gasteiger partial charge on any atom is -0.437 e. The smallest absolute Gasteiger partial charge is 0.248 e. The highest BCUT2D eigenvalue weighted by atomic mass is 16.5. The topological polar surface area (TPSA) is 64.3 Å². The van der Waals surface area contributed by atoms with Crippen LogP contribution in [0, 0.1) is 6.92 Å². The Morgan fingerprint density at radius 2 is 1.76 bits per heavy atom. The van der Waals surface area contributed by atoms with Gasteiger partial charge in [0.05, 0.1) is 0 Å². The van der Waals surface area contributed by atoms with Crippen molar-refractivity contribution in [1.82, 2.24) is 9.97 Å². The fourth-order valence-corrected chi connectivity index (χ4v) is 2.57. The van der Waals surface area contributed by atoms with E-state index in [1.807, 2.05) is 37.3 Å². The first-order valence-electron chi connectivity index (χ1n) is 7.36. The summed E-state index contributed by atoms with van der Waals surface area (Å²) in [6.07, 6.45) is 3.63. The lowest BCUT2D eigenvalue weighted by molar-refractivity contribution is 0.461. The average molecular weight is 284 g/mol. The minimum absolute atomic E-state index is 0.439. The van der Waals surface area contributed by atoms with E-state index in [0.717, 1.165) is 24.7 Å². The maximum atomic E-state index is 6.24. The Bertz CT molecular complexity index is 609. The summed E-state index contributed by atoms with van der Waals surface area (Å²) in [4.78, 5) is 11.1. The van der Waals surface area contributed by atoms with E-state index in [0.29, 0.717) is 17.4 Å². The third-order valence-corrected chi connectivity index (χ3v) is 3.62. The summed E-state index contributed by atoms with van der Waals surface area (Å²) in [7, 11) is 0. The number of rotatable bonds is 3. The number of para-hydroxylation sites is 1. The van der Waals surface area contributed by atoms with Gasteiger partial charge in [-0.1, -0.05) is 18.2 Å². The van der Waals surface area contributed by atoms with Crippen molar-refractivity contribution in [3.63, 3.8) is 0 Å². The molecule has 1 fully saturated rings. The van der Waals surface area contributed by atoms with E-state index in [2.05, 4.69) is 14.9 Å². The van der Waals surface area contributed by atoms with Gasteiger partial charge >= 0.3 is 0 Å². The number of nitrogens with zero attached hydrogens (tertiary/aromatic N) is 3. The molecule has 1 aromatic heterocycles. The van der Waals surface area contributed by atoms with Crippen LogP contribution in [0.25, 0.3) is 0 Å². The number of aryl methyl sites for hydroxylation is 1. The Kier molecular flexibility index (Phi) is 3.90. The summed E-state index contributed by atoms with van der Waals surface area (Å²) >= 11 is 0. The molecule has 0 aliphatic carbocycles. The summed E-state index contributed by atoms with van der Waals surface area (Å²) in [5, 5.41) is 0. The maximum absolute atomic E-state index is 6.24. The molecule has 2 aromatic rings. The van der Waals surface area contributed by atoms with Crippen LogP contribution in [0.4, 0.5) is 11.5 Å². The molecule has 0 saturated carbocycles. The van der Waals surface area contributed by atoms with Crippen molar-refractivity contribution in [3.05, 3.63) is 36.2 Å². The highest BCUT2D eigenvalue weighted by Gasteiger charge is 2.19. The van der Waals surface area contributed by atoms with Crippen LogP contribution in [0.5, 0.6) is 11.6 Å². The second kappa shape index (κ2) is 5.99. The van der Waals surface area contributed by atoms with Crippen LogP contribution in [-0.2, 0) is 0 Å². The Morgan fingerprint density at radius 3 is 2.48 bits per heavy atom. The molecule has 110 valence electrons. The van der Waals surface area contributed by atoms with Gasteiger partial charge in [-0.2, -0.15) is 4.98 Å². The van der Waals surface area contributed by atoms with E-state index in [1.165, 1.54) is 19.3 Å². The van der Waals surface area contributed by atoms with Gasteiger partial charge in [-0.25, -0.2) is 4.98 Å². The monoisotopic (exact) mass is 284 g/mol. The van der Waals surface area contributed by atoms with E-state index in [4.69, 9.17) is 10.5 Å². The molecular weight excluding hydrogens is 264 g/mol. The molecule has 0 radical (unpaired) electrons. The molecule has 0 amide bonds. The summed E-state index contributed by atoms with van der Waals surface area (Å²) in [5.74, 6) is 2.64. The predicted octanol–water partition coefficient (Wildman–Crippen LogP) is 3.15. The molecule has 21 heavy (non-hydrogen) atoms. The number of nitrogen functional groups attached to an aromatic ring is 1.